The second kappa shape index (κ2) is 9.40. The largest absolute Gasteiger partial charge is 0.317 e. The molecule has 1 aromatic heterocycles. The lowest BCUT2D eigenvalue weighted by Gasteiger charge is -2.04. The number of hydrogen-bond acceptors (Lipinski definition) is 2. The first-order valence-electron chi connectivity index (χ1n) is 6.61. The molecule has 1 aromatic rings. The van der Waals surface area contributed by atoms with Gasteiger partial charge in [-0.15, -0.1) is 0 Å². The molecule has 3 nitrogen and oxygen atoms in total. The molecule has 0 spiro atoms. The Hall–Kier alpha value is -0.830. The molecule has 1 N–H and O–H groups in total. The van der Waals surface area contributed by atoms with Gasteiger partial charge >= 0.3 is 0 Å². The van der Waals surface area contributed by atoms with Gasteiger partial charge in [0.15, 0.2) is 0 Å². The lowest BCUT2D eigenvalue weighted by Crippen LogP contribution is -2.18. The average molecular weight is 223 g/mol. The van der Waals surface area contributed by atoms with Crippen molar-refractivity contribution >= 4 is 0 Å². The van der Waals surface area contributed by atoms with E-state index >= 15 is 0 Å². The van der Waals surface area contributed by atoms with E-state index in [-0.39, 0.29) is 0 Å². The van der Waals surface area contributed by atoms with Crippen molar-refractivity contribution in [1.82, 2.24) is 15.1 Å². The molecule has 0 fully saturated rings. The highest BCUT2D eigenvalue weighted by Gasteiger charge is 1.92. The molecule has 0 saturated carbocycles. The molecule has 0 radical (unpaired) electrons. The molecule has 0 saturated heterocycles. The van der Waals surface area contributed by atoms with Crippen molar-refractivity contribution in [3.63, 3.8) is 0 Å². The third-order valence-corrected chi connectivity index (χ3v) is 2.76. The normalized spacial score (nSPS) is 10.8. The summed E-state index contributed by atoms with van der Waals surface area (Å²) in [4.78, 5) is 0. The van der Waals surface area contributed by atoms with Crippen LogP contribution >= 0.6 is 0 Å². The summed E-state index contributed by atoms with van der Waals surface area (Å²) in [5.74, 6) is 0. The molecule has 1 rings (SSSR count). The standard InChI is InChI=1S/C13H25N3/c1-2-3-4-5-6-9-14-10-7-12-16-13-8-11-15-16/h8,11,13-14H,2-7,9-10,12H2,1H3. The molecule has 0 aromatic carbocycles. The van der Waals surface area contributed by atoms with Gasteiger partial charge in [-0.05, 0) is 32.0 Å². The first kappa shape index (κ1) is 13.2. The zero-order valence-electron chi connectivity index (χ0n) is 10.5. The van der Waals surface area contributed by atoms with Crippen molar-refractivity contribution < 1.29 is 0 Å². The van der Waals surface area contributed by atoms with E-state index in [0.29, 0.717) is 0 Å². The third kappa shape index (κ3) is 6.62. The van der Waals surface area contributed by atoms with E-state index in [0.717, 1.165) is 19.5 Å². The Kier molecular flexibility index (Phi) is 7.78. The van der Waals surface area contributed by atoms with E-state index in [1.165, 1.54) is 38.6 Å². The fourth-order valence-corrected chi connectivity index (χ4v) is 1.78. The number of unbranched alkanes of at least 4 members (excludes halogenated alkanes) is 4. The van der Waals surface area contributed by atoms with Gasteiger partial charge in [-0.3, -0.25) is 4.68 Å². The molecule has 1 heterocycles. The van der Waals surface area contributed by atoms with Crippen LogP contribution in [0.15, 0.2) is 18.5 Å². The molecule has 0 aliphatic rings. The van der Waals surface area contributed by atoms with Crippen LogP contribution in [0.5, 0.6) is 0 Å². The lowest BCUT2D eigenvalue weighted by atomic mass is 10.1. The number of hydrogen-bond donors (Lipinski definition) is 1. The number of nitrogens with zero attached hydrogens (tertiary/aromatic N) is 2. The van der Waals surface area contributed by atoms with E-state index in [9.17, 15) is 0 Å². The van der Waals surface area contributed by atoms with Crippen LogP contribution in [0.3, 0.4) is 0 Å². The summed E-state index contributed by atoms with van der Waals surface area (Å²) in [5.41, 5.74) is 0. The fourth-order valence-electron chi connectivity index (χ4n) is 1.78. The van der Waals surface area contributed by atoms with Gasteiger partial charge in [0.05, 0.1) is 0 Å². The maximum Gasteiger partial charge on any atom is 0.0489 e. The van der Waals surface area contributed by atoms with Crippen LogP contribution in [0.4, 0.5) is 0 Å². The van der Waals surface area contributed by atoms with Gasteiger partial charge in [0.25, 0.3) is 0 Å². The van der Waals surface area contributed by atoms with Crippen LogP contribution in [-0.2, 0) is 6.54 Å². The minimum atomic E-state index is 1.02. The highest BCUT2D eigenvalue weighted by atomic mass is 15.3. The van der Waals surface area contributed by atoms with Gasteiger partial charge in [0.1, 0.15) is 0 Å². The maximum absolute atomic E-state index is 4.17. The summed E-state index contributed by atoms with van der Waals surface area (Å²) in [6, 6.07) is 1.97. The van der Waals surface area contributed by atoms with E-state index in [4.69, 9.17) is 0 Å². The first-order chi connectivity index (χ1) is 7.93. The summed E-state index contributed by atoms with van der Waals surface area (Å²) in [7, 11) is 0. The van der Waals surface area contributed by atoms with Crippen molar-refractivity contribution in [3.05, 3.63) is 18.5 Å². The van der Waals surface area contributed by atoms with Crippen molar-refractivity contribution in [2.24, 2.45) is 0 Å². The molecule has 3 heteroatoms. The molecular formula is C13H25N3. The zero-order chi connectivity index (χ0) is 11.5. The first-order valence-corrected chi connectivity index (χ1v) is 6.61. The van der Waals surface area contributed by atoms with Gasteiger partial charge in [0, 0.05) is 18.9 Å². The van der Waals surface area contributed by atoms with Gasteiger partial charge in [-0.2, -0.15) is 5.10 Å². The summed E-state index contributed by atoms with van der Waals surface area (Å²) in [5, 5.41) is 7.66. The summed E-state index contributed by atoms with van der Waals surface area (Å²) >= 11 is 0. The Morgan fingerprint density at radius 1 is 1.06 bits per heavy atom. The van der Waals surface area contributed by atoms with Gasteiger partial charge in [-0.25, -0.2) is 0 Å². The van der Waals surface area contributed by atoms with Crippen LogP contribution in [0.1, 0.15) is 45.4 Å². The Morgan fingerprint density at radius 3 is 2.62 bits per heavy atom. The molecule has 0 atom stereocenters. The Labute approximate surface area is 99.2 Å². The van der Waals surface area contributed by atoms with Gasteiger partial charge in [0.2, 0.25) is 0 Å². The van der Waals surface area contributed by atoms with Crippen LogP contribution in [0.2, 0.25) is 0 Å². The van der Waals surface area contributed by atoms with E-state index in [1.54, 1.807) is 0 Å². The Balaban J connectivity index is 1.78. The molecule has 0 aliphatic heterocycles. The predicted molar refractivity (Wildman–Crippen MR) is 68.5 cm³/mol. The van der Waals surface area contributed by atoms with E-state index < -0.39 is 0 Å². The maximum atomic E-state index is 4.17. The number of nitrogens with one attached hydrogen (secondary N) is 1. The Bertz CT molecular complexity index is 231. The minimum absolute atomic E-state index is 1.02. The predicted octanol–water partition coefficient (Wildman–Crippen LogP) is 2.83. The molecule has 92 valence electrons. The molecule has 16 heavy (non-hydrogen) atoms. The minimum Gasteiger partial charge on any atom is -0.317 e. The van der Waals surface area contributed by atoms with E-state index in [1.807, 2.05) is 23.1 Å². The second-order valence-electron chi connectivity index (χ2n) is 4.29. The summed E-state index contributed by atoms with van der Waals surface area (Å²) in [6.07, 6.45) is 11.8. The lowest BCUT2D eigenvalue weighted by molar-refractivity contribution is 0.527. The molecule has 0 unspecified atom stereocenters. The average Bonchev–Trinajstić information content (AvgIpc) is 2.80. The van der Waals surface area contributed by atoms with Crippen molar-refractivity contribution in [1.29, 1.82) is 0 Å². The summed E-state index contributed by atoms with van der Waals surface area (Å²) in [6.45, 7) is 5.56. The third-order valence-electron chi connectivity index (χ3n) is 2.76. The number of aryl methyl sites for hydroxylation is 1. The van der Waals surface area contributed by atoms with Gasteiger partial charge < -0.3 is 5.32 Å². The smallest absolute Gasteiger partial charge is 0.0489 e. The molecule has 0 amide bonds. The number of aromatic nitrogens is 2. The fraction of sp³-hybridized carbons (Fsp3) is 0.769. The molecule has 0 aliphatic carbocycles. The topological polar surface area (TPSA) is 29.9 Å². The zero-order valence-corrected chi connectivity index (χ0v) is 10.5. The van der Waals surface area contributed by atoms with Gasteiger partial charge in [-0.1, -0.05) is 32.6 Å². The van der Waals surface area contributed by atoms with Crippen LogP contribution in [0.25, 0.3) is 0 Å². The monoisotopic (exact) mass is 223 g/mol. The highest BCUT2D eigenvalue weighted by Crippen LogP contribution is 2.01. The quantitative estimate of drug-likeness (QED) is 0.618. The Morgan fingerprint density at radius 2 is 1.88 bits per heavy atom. The van der Waals surface area contributed by atoms with Crippen molar-refractivity contribution in [2.75, 3.05) is 13.1 Å². The van der Waals surface area contributed by atoms with Crippen LogP contribution < -0.4 is 5.32 Å². The second-order valence-corrected chi connectivity index (χ2v) is 4.29. The summed E-state index contributed by atoms with van der Waals surface area (Å²) < 4.78 is 1.99. The van der Waals surface area contributed by atoms with E-state index in [2.05, 4.69) is 17.3 Å². The van der Waals surface area contributed by atoms with Crippen molar-refractivity contribution in [3.8, 4) is 0 Å². The molecular weight excluding hydrogens is 198 g/mol. The van der Waals surface area contributed by atoms with Crippen LogP contribution in [0, 0.1) is 0 Å². The highest BCUT2D eigenvalue weighted by molar-refractivity contribution is 4.77. The number of rotatable bonds is 10. The SMILES string of the molecule is CCCCCCCNCCCn1cccn1. The molecule has 0 bridgehead atoms. The van der Waals surface area contributed by atoms with Crippen LogP contribution in [-0.4, -0.2) is 22.9 Å². The van der Waals surface area contributed by atoms with Crippen molar-refractivity contribution in [2.45, 2.75) is 52.0 Å².